The molecule has 0 saturated heterocycles. The normalized spacial score (nSPS) is 12.3. The van der Waals surface area contributed by atoms with E-state index in [9.17, 15) is 4.79 Å². The third-order valence-electron chi connectivity index (χ3n) is 4.39. The van der Waals surface area contributed by atoms with Crippen LogP contribution in [0.5, 0.6) is 5.75 Å². The molecular weight excluding hydrogens is 378 g/mol. The number of anilines is 1. The Morgan fingerprint density at radius 1 is 1.26 bits per heavy atom. The van der Waals surface area contributed by atoms with E-state index in [0.717, 1.165) is 32.3 Å². The SMILES string of the molecule is COc1ccc(C)cc1N[C@@H](C)c1nc2scc(-c3cccs3)c2c(=O)[nH]1. The summed E-state index contributed by atoms with van der Waals surface area (Å²) < 4.78 is 5.42. The number of H-pyrrole nitrogens is 1. The summed E-state index contributed by atoms with van der Waals surface area (Å²) in [5.74, 6) is 1.36. The van der Waals surface area contributed by atoms with Crippen molar-refractivity contribution in [2.45, 2.75) is 19.9 Å². The molecule has 27 heavy (non-hydrogen) atoms. The number of aryl methyl sites for hydroxylation is 1. The Kier molecular flexibility index (Phi) is 4.72. The summed E-state index contributed by atoms with van der Waals surface area (Å²) in [6, 6.07) is 9.78. The van der Waals surface area contributed by atoms with E-state index >= 15 is 0 Å². The van der Waals surface area contributed by atoms with Crippen LogP contribution in [0.2, 0.25) is 0 Å². The number of aromatic nitrogens is 2. The fourth-order valence-electron chi connectivity index (χ4n) is 3.02. The van der Waals surface area contributed by atoms with Crippen LogP contribution >= 0.6 is 22.7 Å². The second-order valence-corrected chi connectivity index (χ2v) is 8.13. The van der Waals surface area contributed by atoms with E-state index in [0.29, 0.717) is 11.2 Å². The number of nitrogens with one attached hydrogen (secondary N) is 2. The van der Waals surface area contributed by atoms with Gasteiger partial charge in [0.05, 0.1) is 24.2 Å². The van der Waals surface area contributed by atoms with Crippen molar-refractivity contribution in [3.8, 4) is 16.2 Å². The van der Waals surface area contributed by atoms with Crippen molar-refractivity contribution < 1.29 is 4.74 Å². The fraction of sp³-hybridized carbons (Fsp3) is 0.200. The topological polar surface area (TPSA) is 67.0 Å². The maximum Gasteiger partial charge on any atom is 0.260 e. The second kappa shape index (κ2) is 7.17. The fourth-order valence-corrected chi connectivity index (χ4v) is 4.79. The molecule has 1 atom stereocenters. The predicted molar refractivity (Wildman–Crippen MR) is 113 cm³/mol. The molecule has 0 spiro atoms. The summed E-state index contributed by atoms with van der Waals surface area (Å²) >= 11 is 3.12. The Hall–Kier alpha value is -2.64. The van der Waals surface area contributed by atoms with Crippen LogP contribution in [0.15, 0.2) is 45.9 Å². The Balaban J connectivity index is 1.70. The number of aromatic amines is 1. The number of fused-ring (bicyclic) bond motifs is 1. The highest BCUT2D eigenvalue weighted by atomic mass is 32.1. The van der Waals surface area contributed by atoms with Crippen LogP contribution in [0, 0.1) is 6.92 Å². The van der Waals surface area contributed by atoms with Gasteiger partial charge in [0.25, 0.3) is 5.56 Å². The Labute approximate surface area is 164 Å². The van der Waals surface area contributed by atoms with Crippen molar-refractivity contribution in [3.63, 3.8) is 0 Å². The van der Waals surface area contributed by atoms with Gasteiger partial charge >= 0.3 is 0 Å². The smallest absolute Gasteiger partial charge is 0.260 e. The average Bonchev–Trinajstić information content (AvgIpc) is 3.31. The quantitative estimate of drug-likeness (QED) is 0.485. The maximum atomic E-state index is 12.8. The summed E-state index contributed by atoms with van der Waals surface area (Å²) in [5, 5.41) is 8.07. The van der Waals surface area contributed by atoms with Crippen LogP contribution in [0.1, 0.15) is 24.4 Å². The van der Waals surface area contributed by atoms with Crippen molar-refractivity contribution in [1.29, 1.82) is 0 Å². The number of nitrogens with zero attached hydrogens (tertiary/aromatic N) is 1. The lowest BCUT2D eigenvalue weighted by Gasteiger charge is -2.17. The van der Waals surface area contributed by atoms with Crippen LogP contribution in [-0.4, -0.2) is 17.1 Å². The zero-order valence-corrected chi connectivity index (χ0v) is 16.8. The lowest BCUT2D eigenvalue weighted by molar-refractivity contribution is 0.416. The van der Waals surface area contributed by atoms with E-state index in [4.69, 9.17) is 9.72 Å². The first-order valence-corrected chi connectivity index (χ1v) is 10.3. The maximum absolute atomic E-state index is 12.8. The number of thiophene rings is 2. The first-order valence-electron chi connectivity index (χ1n) is 8.53. The van der Waals surface area contributed by atoms with Gasteiger partial charge < -0.3 is 15.0 Å². The molecule has 3 heterocycles. The molecule has 0 aliphatic rings. The Bertz CT molecular complexity index is 1150. The summed E-state index contributed by atoms with van der Waals surface area (Å²) in [7, 11) is 1.64. The summed E-state index contributed by atoms with van der Waals surface area (Å²) in [5.41, 5.74) is 2.84. The van der Waals surface area contributed by atoms with Gasteiger partial charge in [-0.15, -0.1) is 22.7 Å². The average molecular weight is 398 g/mol. The van der Waals surface area contributed by atoms with E-state index in [-0.39, 0.29) is 11.6 Å². The van der Waals surface area contributed by atoms with Gasteiger partial charge in [0.1, 0.15) is 16.4 Å². The second-order valence-electron chi connectivity index (χ2n) is 6.33. The molecule has 5 nitrogen and oxygen atoms in total. The molecule has 138 valence electrons. The van der Waals surface area contributed by atoms with Gasteiger partial charge in [0.2, 0.25) is 0 Å². The van der Waals surface area contributed by atoms with Crippen LogP contribution in [0.25, 0.3) is 20.7 Å². The molecule has 0 unspecified atom stereocenters. The molecule has 0 amide bonds. The van der Waals surface area contributed by atoms with Gasteiger partial charge in [-0.1, -0.05) is 12.1 Å². The summed E-state index contributed by atoms with van der Waals surface area (Å²) in [4.78, 5) is 22.3. The highest BCUT2D eigenvalue weighted by molar-refractivity contribution is 7.18. The van der Waals surface area contributed by atoms with Gasteiger partial charge in [-0.05, 0) is 43.0 Å². The minimum atomic E-state index is -0.176. The van der Waals surface area contributed by atoms with Crippen LogP contribution in [0.3, 0.4) is 0 Å². The molecule has 4 rings (SSSR count). The number of hydrogen-bond acceptors (Lipinski definition) is 6. The standard InChI is InChI=1S/C20H19N3O2S2/c1-11-6-7-15(25-3)14(9-11)21-12(2)18-22-19(24)17-13(10-27-20(17)23-18)16-5-4-8-26-16/h4-10,12,21H,1-3H3,(H,22,23,24)/t12-/m0/s1. The van der Waals surface area contributed by atoms with Gasteiger partial charge in [-0.3, -0.25) is 4.79 Å². The summed E-state index contributed by atoms with van der Waals surface area (Å²) in [6.07, 6.45) is 0. The Morgan fingerprint density at radius 3 is 2.85 bits per heavy atom. The highest BCUT2D eigenvalue weighted by Gasteiger charge is 2.17. The number of rotatable bonds is 5. The molecule has 2 N–H and O–H groups in total. The van der Waals surface area contributed by atoms with Crippen LogP contribution in [-0.2, 0) is 0 Å². The lowest BCUT2D eigenvalue weighted by atomic mass is 10.2. The molecule has 0 bridgehead atoms. The molecule has 0 aliphatic heterocycles. The van der Waals surface area contributed by atoms with Crippen molar-refractivity contribution in [2.24, 2.45) is 0 Å². The van der Waals surface area contributed by atoms with Gasteiger partial charge in [0, 0.05) is 15.8 Å². The zero-order chi connectivity index (χ0) is 19.0. The van der Waals surface area contributed by atoms with Gasteiger partial charge in [-0.25, -0.2) is 4.98 Å². The number of methoxy groups -OCH3 is 1. The monoisotopic (exact) mass is 397 g/mol. The summed E-state index contributed by atoms with van der Waals surface area (Å²) in [6.45, 7) is 4.00. The number of ether oxygens (including phenoxy) is 1. The van der Waals surface area contributed by atoms with Crippen molar-refractivity contribution in [2.75, 3.05) is 12.4 Å². The highest BCUT2D eigenvalue weighted by Crippen LogP contribution is 2.34. The minimum Gasteiger partial charge on any atom is -0.495 e. The molecule has 0 saturated carbocycles. The minimum absolute atomic E-state index is 0.107. The van der Waals surface area contributed by atoms with Gasteiger partial charge in [-0.2, -0.15) is 0 Å². The number of hydrogen-bond donors (Lipinski definition) is 2. The van der Waals surface area contributed by atoms with Crippen molar-refractivity contribution >= 4 is 38.6 Å². The third-order valence-corrected chi connectivity index (χ3v) is 6.16. The molecule has 1 aromatic carbocycles. The number of benzene rings is 1. The third kappa shape index (κ3) is 3.36. The lowest BCUT2D eigenvalue weighted by Crippen LogP contribution is -2.17. The van der Waals surface area contributed by atoms with Crippen LogP contribution < -0.4 is 15.6 Å². The predicted octanol–water partition coefficient (Wildman–Crippen LogP) is 5.20. The first kappa shape index (κ1) is 17.8. The van der Waals surface area contributed by atoms with E-state index in [1.807, 2.05) is 54.9 Å². The van der Waals surface area contributed by atoms with Crippen molar-refractivity contribution in [3.05, 3.63) is 62.8 Å². The molecular formula is C20H19N3O2S2. The Morgan fingerprint density at radius 2 is 2.11 bits per heavy atom. The van der Waals surface area contributed by atoms with E-state index in [1.54, 1.807) is 18.4 Å². The van der Waals surface area contributed by atoms with E-state index < -0.39 is 0 Å². The largest absolute Gasteiger partial charge is 0.495 e. The first-order chi connectivity index (χ1) is 13.1. The molecule has 0 radical (unpaired) electrons. The molecule has 7 heteroatoms. The molecule has 3 aromatic heterocycles. The molecule has 4 aromatic rings. The van der Waals surface area contributed by atoms with E-state index in [1.165, 1.54) is 11.3 Å². The van der Waals surface area contributed by atoms with Crippen LogP contribution in [0.4, 0.5) is 5.69 Å². The zero-order valence-electron chi connectivity index (χ0n) is 15.2. The van der Waals surface area contributed by atoms with Crippen molar-refractivity contribution in [1.82, 2.24) is 9.97 Å². The molecule has 0 aliphatic carbocycles. The van der Waals surface area contributed by atoms with E-state index in [2.05, 4.69) is 10.3 Å². The van der Waals surface area contributed by atoms with Gasteiger partial charge in [0.15, 0.2) is 0 Å². The molecule has 0 fully saturated rings.